The van der Waals surface area contributed by atoms with Gasteiger partial charge in [0.05, 0.1) is 0 Å². The van der Waals surface area contributed by atoms with Crippen LogP contribution in [0.2, 0.25) is 0 Å². The molecule has 0 rings (SSSR count). The SMILES string of the molecule is NOOS(=O)(=O)[N+](=O)[O-]. The van der Waals surface area contributed by atoms with Crippen LogP contribution >= 0.6 is 0 Å². The first kappa shape index (κ1) is 8.23. The first-order chi connectivity index (χ1) is 4.00. The lowest BCUT2D eigenvalue weighted by Crippen LogP contribution is -2.17. The van der Waals surface area contributed by atoms with Crippen molar-refractivity contribution < 1.29 is 22.1 Å². The summed E-state index contributed by atoms with van der Waals surface area (Å²) in [7, 11) is -4.87. The topological polar surface area (TPSA) is 122 Å². The summed E-state index contributed by atoms with van der Waals surface area (Å²) in [5.41, 5.74) is 0. The Hall–Kier alpha value is -0.770. The lowest BCUT2D eigenvalue weighted by Gasteiger charge is -1.87. The Balaban J connectivity index is 4.23. The Kier molecular flexibility index (Phi) is 2.45. The van der Waals surface area contributed by atoms with Crippen LogP contribution in [0.25, 0.3) is 0 Å². The fraction of sp³-hybridized carbons (Fsp3) is 0. The molecule has 0 aliphatic carbocycles. The average Bonchev–Trinajstić information content (AvgIpc) is 1.65. The predicted octanol–water partition coefficient (Wildman–Crippen LogP) is -1.67. The van der Waals surface area contributed by atoms with E-state index in [0.717, 1.165) is 0 Å². The highest BCUT2D eigenvalue weighted by Gasteiger charge is 2.26. The molecule has 0 amide bonds. The molecule has 0 atom stereocenters. The van der Waals surface area contributed by atoms with Gasteiger partial charge in [0.2, 0.25) is 0 Å². The van der Waals surface area contributed by atoms with Crippen LogP contribution in [-0.4, -0.2) is 12.7 Å². The van der Waals surface area contributed by atoms with Crippen molar-refractivity contribution in [2.75, 3.05) is 0 Å². The van der Waals surface area contributed by atoms with Crippen LogP contribution in [-0.2, 0) is 19.6 Å². The summed E-state index contributed by atoms with van der Waals surface area (Å²) < 4.78 is 21.0. The van der Waals surface area contributed by atoms with Crippen molar-refractivity contribution in [3.8, 4) is 0 Å². The van der Waals surface area contributed by atoms with Gasteiger partial charge in [0.1, 0.15) is 0 Å². The normalized spacial score (nSPS) is 11.2. The van der Waals surface area contributed by atoms with Crippen molar-refractivity contribution in [1.82, 2.24) is 0 Å². The third kappa shape index (κ3) is 2.32. The van der Waals surface area contributed by atoms with E-state index in [1.54, 1.807) is 0 Å². The highest BCUT2D eigenvalue weighted by Crippen LogP contribution is 1.90. The van der Waals surface area contributed by atoms with E-state index in [-0.39, 0.29) is 0 Å². The maximum absolute atomic E-state index is 9.80. The molecule has 54 valence electrons. The van der Waals surface area contributed by atoms with Crippen LogP contribution in [0.3, 0.4) is 0 Å². The van der Waals surface area contributed by atoms with Crippen LogP contribution in [0.1, 0.15) is 0 Å². The van der Waals surface area contributed by atoms with Crippen molar-refractivity contribution in [2.45, 2.75) is 0 Å². The van der Waals surface area contributed by atoms with E-state index in [2.05, 4.69) is 15.2 Å². The van der Waals surface area contributed by atoms with E-state index in [1.165, 1.54) is 0 Å². The molecule has 0 aliphatic heterocycles. The minimum Gasteiger partial charge on any atom is -0.245 e. The Labute approximate surface area is 49.4 Å². The number of nitrogens with zero attached hydrogens (tertiary/aromatic N) is 1. The van der Waals surface area contributed by atoms with Gasteiger partial charge in [0.15, 0.2) is 4.33 Å². The van der Waals surface area contributed by atoms with Crippen molar-refractivity contribution in [3.63, 3.8) is 0 Å². The van der Waals surface area contributed by atoms with Crippen LogP contribution in [0.4, 0.5) is 0 Å². The quantitative estimate of drug-likeness (QED) is 0.296. The summed E-state index contributed by atoms with van der Waals surface area (Å²) in [6.45, 7) is 0. The maximum Gasteiger partial charge on any atom is 0.595 e. The van der Waals surface area contributed by atoms with Gasteiger partial charge in [-0.15, -0.1) is 13.4 Å². The molecule has 9 heteroatoms. The molecule has 0 saturated carbocycles. The lowest BCUT2D eigenvalue weighted by atomic mass is 13.4. The van der Waals surface area contributed by atoms with Crippen LogP contribution in [0.15, 0.2) is 0 Å². The summed E-state index contributed by atoms with van der Waals surface area (Å²) in [5, 5.41) is 9.37. The van der Waals surface area contributed by atoms with E-state index in [0.29, 0.717) is 0 Å². The first-order valence-electron chi connectivity index (χ1n) is 1.45. The van der Waals surface area contributed by atoms with E-state index >= 15 is 0 Å². The number of hydrogen-bond acceptors (Lipinski definition) is 7. The summed E-state index contributed by atoms with van der Waals surface area (Å²) in [6.07, 6.45) is 0. The fourth-order valence-corrected chi connectivity index (χ4v) is 0.223. The maximum atomic E-state index is 9.80. The molecule has 9 heavy (non-hydrogen) atoms. The zero-order valence-electron chi connectivity index (χ0n) is 3.88. The van der Waals surface area contributed by atoms with E-state index in [9.17, 15) is 18.5 Å². The van der Waals surface area contributed by atoms with Gasteiger partial charge in [-0.2, -0.15) is 5.90 Å². The number of rotatable bonds is 3. The van der Waals surface area contributed by atoms with Crippen molar-refractivity contribution in [1.29, 1.82) is 0 Å². The Morgan fingerprint density at radius 2 is 2.00 bits per heavy atom. The molecular formula is H2N2O6S. The number of nitro groups is 1. The molecule has 0 saturated heterocycles. The molecule has 8 nitrogen and oxygen atoms in total. The highest BCUT2D eigenvalue weighted by atomic mass is 32.2. The van der Waals surface area contributed by atoms with Crippen LogP contribution in [0.5, 0.6) is 0 Å². The molecule has 0 fully saturated rings. The second-order valence-corrected chi connectivity index (χ2v) is 2.11. The molecule has 0 heterocycles. The molecule has 0 unspecified atom stereocenters. The Bertz CT molecular complexity index is 189. The molecule has 0 aromatic carbocycles. The molecule has 0 radical (unpaired) electrons. The number of hydrogen-bond donors (Lipinski definition) is 1. The minimum absolute atomic E-state index is 1.68. The van der Waals surface area contributed by atoms with Gasteiger partial charge in [0, 0.05) is 0 Å². The van der Waals surface area contributed by atoms with Gasteiger partial charge in [-0.1, -0.05) is 0 Å². The fourth-order valence-electron chi connectivity index (χ4n) is 0.0745. The van der Waals surface area contributed by atoms with E-state index in [1.807, 2.05) is 0 Å². The Morgan fingerprint density at radius 1 is 1.56 bits per heavy atom. The van der Waals surface area contributed by atoms with Gasteiger partial charge < -0.3 is 0 Å². The first-order valence-corrected chi connectivity index (χ1v) is 2.82. The third-order valence-electron chi connectivity index (χ3n) is 0.308. The van der Waals surface area contributed by atoms with E-state index in [4.69, 9.17) is 0 Å². The van der Waals surface area contributed by atoms with Crippen molar-refractivity contribution in [3.05, 3.63) is 10.1 Å². The molecule has 0 aromatic rings. The lowest BCUT2D eigenvalue weighted by molar-refractivity contribution is -0.351. The molecule has 0 aromatic heterocycles. The predicted molar refractivity (Wildman–Crippen MR) is 22.3 cm³/mol. The third-order valence-corrected chi connectivity index (χ3v) is 0.924. The Morgan fingerprint density at radius 3 is 2.11 bits per heavy atom. The van der Waals surface area contributed by atoms with E-state index < -0.39 is 14.6 Å². The summed E-state index contributed by atoms with van der Waals surface area (Å²) in [5.74, 6) is 4.05. The summed E-state index contributed by atoms with van der Waals surface area (Å²) >= 11 is 0. The number of nitrogens with two attached hydrogens (primary N) is 1. The van der Waals surface area contributed by atoms with Crippen LogP contribution < -0.4 is 5.90 Å². The van der Waals surface area contributed by atoms with Crippen molar-refractivity contribution >= 4 is 10.3 Å². The smallest absolute Gasteiger partial charge is 0.245 e. The molecule has 0 aliphatic rings. The molecule has 0 spiro atoms. The molecular weight excluding hydrogens is 156 g/mol. The van der Waals surface area contributed by atoms with Crippen molar-refractivity contribution in [2.24, 2.45) is 5.90 Å². The standard InChI is InChI=1S/H2N2O6S/c1-7-8-9(5,6)2(3)4/h1H2. The minimum atomic E-state index is -4.87. The van der Waals surface area contributed by atoms with Gasteiger partial charge in [-0.3, -0.25) is 0 Å². The second kappa shape index (κ2) is 2.68. The van der Waals surface area contributed by atoms with Gasteiger partial charge in [0.25, 0.3) is 0 Å². The average molecular weight is 158 g/mol. The van der Waals surface area contributed by atoms with Crippen LogP contribution in [0, 0.1) is 10.1 Å². The van der Waals surface area contributed by atoms with Gasteiger partial charge >= 0.3 is 10.3 Å². The summed E-state index contributed by atoms with van der Waals surface area (Å²) in [6, 6.07) is 0. The summed E-state index contributed by atoms with van der Waals surface area (Å²) in [4.78, 5) is 12.4. The largest absolute Gasteiger partial charge is 0.595 e. The zero-order valence-corrected chi connectivity index (χ0v) is 4.70. The second-order valence-electron chi connectivity index (χ2n) is 0.816. The highest BCUT2D eigenvalue weighted by molar-refractivity contribution is 7.80. The molecule has 0 bridgehead atoms. The molecule has 2 N–H and O–H groups in total. The van der Waals surface area contributed by atoms with Gasteiger partial charge in [-0.05, 0) is 4.33 Å². The monoisotopic (exact) mass is 158 g/mol. The zero-order chi connectivity index (χ0) is 7.49. The van der Waals surface area contributed by atoms with Gasteiger partial charge in [-0.25, -0.2) is 10.1 Å².